The number of nitrogens with zero attached hydrogens (tertiary/aromatic N) is 2. The molecule has 2 aromatic rings. The van der Waals surface area contributed by atoms with E-state index in [1.807, 2.05) is 19.1 Å². The predicted octanol–water partition coefficient (Wildman–Crippen LogP) is 1.17. The van der Waals surface area contributed by atoms with Crippen molar-refractivity contribution in [2.75, 3.05) is 30.9 Å². The van der Waals surface area contributed by atoms with Crippen molar-refractivity contribution in [3.63, 3.8) is 0 Å². The van der Waals surface area contributed by atoms with E-state index in [-0.39, 0.29) is 0 Å². The van der Waals surface area contributed by atoms with Crippen LogP contribution >= 0.6 is 11.3 Å². The van der Waals surface area contributed by atoms with E-state index >= 15 is 0 Å². The molecule has 108 valence electrons. The van der Waals surface area contributed by atoms with Gasteiger partial charge < -0.3 is 5.32 Å². The Bertz CT molecular complexity index is 720. The lowest BCUT2D eigenvalue weighted by Gasteiger charge is -2.26. The molecule has 1 fully saturated rings. The first-order valence-electron chi connectivity index (χ1n) is 6.40. The van der Waals surface area contributed by atoms with E-state index in [4.69, 9.17) is 0 Å². The molecule has 0 bridgehead atoms. The number of aryl methyl sites for hydroxylation is 1. The molecule has 1 saturated heterocycles. The van der Waals surface area contributed by atoms with Crippen LogP contribution in [-0.4, -0.2) is 43.9 Å². The van der Waals surface area contributed by atoms with Gasteiger partial charge in [0.05, 0.1) is 20.9 Å². The number of hydrogen-bond donors (Lipinski definition) is 2. The highest BCUT2D eigenvalue weighted by Gasteiger charge is 2.23. The highest BCUT2D eigenvalue weighted by atomic mass is 32.2. The lowest BCUT2D eigenvalue weighted by molar-refractivity contribution is 0.362. The highest BCUT2D eigenvalue weighted by Crippen LogP contribution is 2.25. The third kappa shape index (κ3) is 2.78. The van der Waals surface area contributed by atoms with Crippen LogP contribution in [0.5, 0.6) is 0 Å². The molecule has 6 nitrogen and oxygen atoms in total. The Labute approximate surface area is 122 Å². The summed E-state index contributed by atoms with van der Waals surface area (Å²) in [5, 5.41) is 4.11. The number of thiazole rings is 1. The Morgan fingerprint density at radius 2 is 2.10 bits per heavy atom. The molecule has 0 aliphatic carbocycles. The van der Waals surface area contributed by atoms with Gasteiger partial charge in [0.2, 0.25) is 0 Å². The van der Waals surface area contributed by atoms with Crippen molar-refractivity contribution in [3.05, 3.63) is 23.2 Å². The molecule has 0 amide bonds. The van der Waals surface area contributed by atoms with Crippen LogP contribution in [0, 0.1) is 6.92 Å². The third-order valence-electron chi connectivity index (χ3n) is 3.16. The second-order valence-corrected chi connectivity index (χ2v) is 7.58. The van der Waals surface area contributed by atoms with E-state index < -0.39 is 10.2 Å². The van der Waals surface area contributed by atoms with Crippen LogP contribution < -0.4 is 10.0 Å². The summed E-state index contributed by atoms with van der Waals surface area (Å²) in [5.74, 6) is 0. The molecule has 1 aromatic heterocycles. The number of fused-ring (bicyclic) bond motifs is 1. The molecule has 1 aromatic carbocycles. The monoisotopic (exact) mass is 312 g/mol. The van der Waals surface area contributed by atoms with Gasteiger partial charge in [0.25, 0.3) is 0 Å². The standard InChI is InChI=1S/C12H16N4O2S2/c1-9-14-11-3-2-10(8-12(11)19-9)15-20(17,18)16-6-4-13-5-7-16/h2-3,8,13,15H,4-7H2,1H3. The molecule has 0 spiro atoms. The minimum absolute atomic E-state index is 0.497. The molecule has 1 aliphatic heterocycles. The lowest BCUT2D eigenvalue weighted by Crippen LogP contribution is -2.48. The number of benzene rings is 1. The normalized spacial score (nSPS) is 17.4. The van der Waals surface area contributed by atoms with Crippen LogP contribution in [0.25, 0.3) is 10.2 Å². The molecule has 3 rings (SSSR count). The third-order valence-corrected chi connectivity index (χ3v) is 5.63. The average Bonchev–Trinajstić information content (AvgIpc) is 2.79. The average molecular weight is 312 g/mol. The second-order valence-electron chi connectivity index (χ2n) is 4.67. The molecule has 8 heteroatoms. The van der Waals surface area contributed by atoms with Gasteiger partial charge >= 0.3 is 10.2 Å². The zero-order valence-electron chi connectivity index (χ0n) is 11.1. The number of aromatic nitrogens is 1. The van der Waals surface area contributed by atoms with Crippen molar-refractivity contribution in [2.24, 2.45) is 0 Å². The Morgan fingerprint density at radius 1 is 1.35 bits per heavy atom. The molecule has 0 saturated carbocycles. The van der Waals surface area contributed by atoms with Crippen molar-refractivity contribution in [2.45, 2.75) is 6.92 Å². The molecular weight excluding hydrogens is 296 g/mol. The fourth-order valence-corrected chi connectivity index (χ4v) is 4.29. The summed E-state index contributed by atoms with van der Waals surface area (Å²) in [6, 6.07) is 5.43. The summed E-state index contributed by atoms with van der Waals surface area (Å²) < 4.78 is 29.6. The van der Waals surface area contributed by atoms with Crippen molar-refractivity contribution in [3.8, 4) is 0 Å². The van der Waals surface area contributed by atoms with E-state index in [1.165, 1.54) is 4.31 Å². The number of hydrogen-bond acceptors (Lipinski definition) is 5. The number of rotatable bonds is 3. The van der Waals surface area contributed by atoms with Gasteiger partial charge in [-0.15, -0.1) is 11.3 Å². The SMILES string of the molecule is Cc1nc2ccc(NS(=O)(=O)N3CCNCC3)cc2s1. The summed E-state index contributed by atoms with van der Waals surface area (Å²) in [4.78, 5) is 4.36. The first-order valence-corrected chi connectivity index (χ1v) is 8.66. The summed E-state index contributed by atoms with van der Waals surface area (Å²) >= 11 is 1.56. The molecule has 0 atom stereocenters. The largest absolute Gasteiger partial charge is 0.314 e. The summed E-state index contributed by atoms with van der Waals surface area (Å²) in [6.07, 6.45) is 0. The van der Waals surface area contributed by atoms with Gasteiger partial charge in [0, 0.05) is 26.2 Å². The molecular formula is C12H16N4O2S2. The molecule has 1 aliphatic rings. The van der Waals surface area contributed by atoms with Crippen molar-refractivity contribution in [1.29, 1.82) is 0 Å². The van der Waals surface area contributed by atoms with Gasteiger partial charge in [-0.2, -0.15) is 12.7 Å². The molecule has 2 heterocycles. The van der Waals surface area contributed by atoms with Crippen LogP contribution in [0.15, 0.2) is 18.2 Å². The fraction of sp³-hybridized carbons (Fsp3) is 0.417. The van der Waals surface area contributed by atoms with E-state index in [2.05, 4.69) is 15.0 Å². The smallest absolute Gasteiger partial charge is 0.301 e. The maximum Gasteiger partial charge on any atom is 0.301 e. The van der Waals surface area contributed by atoms with Gasteiger partial charge in [-0.05, 0) is 25.1 Å². The molecule has 2 N–H and O–H groups in total. The summed E-state index contributed by atoms with van der Waals surface area (Å²) in [7, 11) is -3.47. The van der Waals surface area contributed by atoms with E-state index in [0.29, 0.717) is 31.9 Å². The molecule has 0 radical (unpaired) electrons. The quantitative estimate of drug-likeness (QED) is 0.892. The van der Waals surface area contributed by atoms with Crippen LogP contribution in [0.1, 0.15) is 5.01 Å². The zero-order chi connectivity index (χ0) is 14.2. The zero-order valence-corrected chi connectivity index (χ0v) is 12.7. The Morgan fingerprint density at radius 3 is 2.85 bits per heavy atom. The van der Waals surface area contributed by atoms with Gasteiger partial charge in [-0.3, -0.25) is 4.72 Å². The minimum Gasteiger partial charge on any atom is -0.314 e. The van der Waals surface area contributed by atoms with Crippen LogP contribution in [0.4, 0.5) is 5.69 Å². The van der Waals surface area contributed by atoms with Gasteiger partial charge in [-0.25, -0.2) is 4.98 Å². The van der Waals surface area contributed by atoms with Crippen LogP contribution in [0.3, 0.4) is 0 Å². The first kappa shape index (κ1) is 13.7. The Balaban J connectivity index is 1.84. The number of piperazine rings is 1. The maximum absolute atomic E-state index is 12.3. The van der Waals surface area contributed by atoms with Crippen LogP contribution in [-0.2, 0) is 10.2 Å². The molecule has 20 heavy (non-hydrogen) atoms. The number of anilines is 1. The second kappa shape index (κ2) is 5.28. The fourth-order valence-electron chi connectivity index (χ4n) is 2.20. The lowest BCUT2D eigenvalue weighted by atomic mass is 10.3. The first-order chi connectivity index (χ1) is 9.54. The Hall–Kier alpha value is -1.22. The topological polar surface area (TPSA) is 74.3 Å². The summed E-state index contributed by atoms with van der Waals surface area (Å²) in [5.41, 5.74) is 1.48. The van der Waals surface area contributed by atoms with E-state index in [1.54, 1.807) is 17.4 Å². The Kier molecular flexibility index (Phi) is 3.63. The highest BCUT2D eigenvalue weighted by molar-refractivity contribution is 7.90. The maximum atomic E-state index is 12.3. The van der Waals surface area contributed by atoms with Crippen LogP contribution in [0.2, 0.25) is 0 Å². The van der Waals surface area contributed by atoms with Gasteiger partial charge in [0.1, 0.15) is 0 Å². The van der Waals surface area contributed by atoms with Crippen molar-refractivity contribution in [1.82, 2.24) is 14.6 Å². The van der Waals surface area contributed by atoms with Gasteiger partial charge in [-0.1, -0.05) is 0 Å². The predicted molar refractivity (Wildman–Crippen MR) is 81.3 cm³/mol. The summed E-state index contributed by atoms with van der Waals surface area (Å²) in [6.45, 7) is 4.31. The van der Waals surface area contributed by atoms with Crippen molar-refractivity contribution >= 4 is 37.5 Å². The van der Waals surface area contributed by atoms with E-state index in [9.17, 15) is 8.42 Å². The minimum atomic E-state index is -3.47. The van der Waals surface area contributed by atoms with Crippen molar-refractivity contribution < 1.29 is 8.42 Å². The van der Waals surface area contributed by atoms with Gasteiger partial charge in [0.15, 0.2) is 0 Å². The molecule has 0 unspecified atom stereocenters. The number of nitrogens with one attached hydrogen (secondary N) is 2. The van der Waals surface area contributed by atoms with E-state index in [0.717, 1.165) is 15.2 Å².